The zero-order chi connectivity index (χ0) is 21.0. The van der Waals surface area contributed by atoms with Gasteiger partial charge in [-0.05, 0) is 62.6 Å². The molecule has 1 aliphatic heterocycles. The van der Waals surface area contributed by atoms with Gasteiger partial charge in [-0.25, -0.2) is 13.1 Å². The average molecular weight is 416 g/mol. The van der Waals surface area contributed by atoms with E-state index >= 15 is 0 Å². The minimum absolute atomic E-state index is 0.0242. The molecule has 2 aromatic carbocycles. The molecule has 3 rings (SSSR count). The molecule has 0 aromatic heterocycles. The molecule has 1 atom stereocenters. The molecule has 0 saturated heterocycles. The smallest absolute Gasteiger partial charge is 0.240 e. The third-order valence-electron chi connectivity index (χ3n) is 5.32. The summed E-state index contributed by atoms with van der Waals surface area (Å²) in [4.78, 5) is 16.1. The number of para-hydroxylation sites is 1. The standard InChI is InChI=1S/C22H29N3O3S/c1-4-24(20-9-6-5-7-10-20)14-8-13-23-29(27,28)21-11-12-22-19(16-21)15-17(2)25(22)18(3)26/h5-7,9-12,16-17,23H,4,8,13-15H2,1-3H3. The van der Waals surface area contributed by atoms with E-state index in [0.29, 0.717) is 19.4 Å². The van der Waals surface area contributed by atoms with Crippen molar-refractivity contribution in [2.75, 3.05) is 29.4 Å². The zero-order valence-electron chi connectivity index (χ0n) is 17.3. The van der Waals surface area contributed by atoms with Gasteiger partial charge in [-0.1, -0.05) is 18.2 Å². The first-order valence-corrected chi connectivity index (χ1v) is 11.5. The Balaban J connectivity index is 1.61. The highest BCUT2D eigenvalue weighted by molar-refractivity contribution is 7.89. The van der Waals surface area contributed by atoms with E-state index in [1.54, 1.807) is 23.1 Å². The van der Waals surface area contributed by atoms with Crippen molar-refractivity contribution in [2.45, 2.75) is 44.6 Å². The number of anilines is 2. The molecule has 1 heterocycles. The summed E-state index contributed by atoms with van der Waals surface area (Å²) >= 11 is 0. The lowest BCUT2D eigenvalue weighted by atomic mass is 10.1. The fourth-order valence-corrected chi connectivity index (χ4v) is 5.05. The number of amides is 1. The van der Waals surface area contributed by atoms with Gasteiger partial charge in [0, 0.05) is 44.0 Å². The number of sulfonamides is 1. The lowest BCUT2D eigenvalue weighted by molar-refractivity contribution is -0.116. The van der Waals surface area contributed by atoms with E-state index in [9.17, 15) is 13.2 Å². The molecule has 1 N–H and O–H groups in total. The summed E-state index contributed by atoms with van der Waals surface area (Å²) in [5, 5.41) is 0. The Hall–Kier alpha value is -2.38. The molecule has 0 fully saturated rings. The van der Waals surface area contributed by atoms with Gasteiger partial charge in [0.1, 0.15) is 0 Å². The van der Waals surface area contributed by atoms with E-state index < -0.39 is 10.0 Å². The molecule has 0 aliphatic carbocycles. The molecule has 0 radical (unpaired) electrons. The second kappa shape index (κ2) is 8.97. The SMILES string of the molecule is CCN(CCCNS(=O)(=O)c1ccc2c(c1)CC(C)N2C(C)=O)c1ccccc1. The average Bonchev–Trinajstić information content (AvgIpc) is 3.03. The third kappa shape index (κ3) is 4.79. The number of rotatable bonds is 8. The molecule has 1 unspecified atom stereocenters. The van der Waals surface area contributed by atoms with Crippen molar-refractivity contribution in [2.24, 2.45) is 0 Å². The van der Waals surface area contributed by atoms with Crippen molar-refractivity contribution < 1.29 is 13.2 Å². The van der Waals surface area contributed by atoms with Gasteiger partial charge >= 0.3 is 0 Å². The van der Waals surface area contributed by atoms with Crippen molar-refractivity contribution in [1.82, 2.24) is 4.72 Å². The van der Waals surface area contributed by atoms with E-state index in [1.807, 2.05) is 25.1 Å². The van der Waals surface area contributed by atoms with Crippen molar-refractivity contribution in [3.8, 4) is 0 Å². The number of carbonyl (C=O) groups is 1. The van der Waals surface area contributed by atoms with Gasteiger partial charge in [-0.3, -0.25) is 4.79 Å². The summed E-state index contributed by atoms with van der Waals surface area (Å²) in [6.45, 7) is 7.61. The van der Waals surface area contributed by atoms with Crippen LogP contribution in [0.2, 0.25) is 0 Å². The van der Waals surface area contributed by atoms with Crippen LogP contribution in [0.15, 0.2) is 53.4 Å². The molecule has 0 saturated carbocycles. The second-order valence-corrected chi connectivity index (χ2v) is 9.17. The lowest BCUT2D eigenvalue weighted by Crippen LogP contribution is -2.33. The first kappa shape index (κ1) is 21.3. The van der Waals surface area contributed by atoms with Gasteiger partial charge in [0.2, 0.25) is 15.9 Å². The minimum Gasteiger partial charge on any atom is -0.372 e. The van der Waals surface area contributed by atoms with E-state index in [4.69, 9.17) is 0 Å². The van der Waals surface area contributed by atoms with Crippen molar-refractivity contribution >= 4 is 27.3 Å². The Labute approximate surface area is 173 Å². The Morgan fingerprint density at radius 2 is 1.93 bits per heavy atom. The van der Waals surface area contributed by atoms with Crippen LogP contribution in [0.4, 0.5) is 11.4 Å². The van der Waals surface area contributed by atoms with Gasteiger partial charge < -0.3 is 9.80 Å². The Morgan fingerprint density at radius 1 is 1.21 bits per heavy atom. The second-order valence-electron chi connectivity index (χ2n) is 7.40. The lowest BCUT2D eigenvalue weighted by Gasteiger charge is -2.23. The van der Waals surface area contributed by atoms with Crippen LogP contribution >= 0.6 is 0 Å². The number of nitrogens with one attached hydrogen (secondary N) is 1. The van der Waals surface area contributed by atoms with Crippen LogP contribution in [0, 0.1) is 0 Å². The van der Waals surface area contributed by atoms with Crippen LogP contribution in [-0.4, -0.2) is 40.0 Å². The summed E-state index contributed by atoms with van der Waals surface area (Å²) in [7, 11) is -3.58. The van der Waals surface area contributed by atoms with Gasteiger partial charge in [0.15, 0.2) is 0 Å². The Bertz CT molecular complexity index is 961. The molecular weight excluding hydrogens is 386 g/mol. The molecule has 29 heavy (non-hydrogen) atoms. The van der Waals surface area contributed by atoms with Crippen molar-refractivity contribution in [3.05, 3.63) is 54.1 Å². The molecule has 2 aromatic rings. The maximum absolute atomic E-state index is 12.7. The fraction of sp³-hybridized carbons (Fsp3) is 0.409. The summed E-state index contributed by atoms with van der Waals surface area (Å²) in [6.07, 6.45) is 1.38. The molecule has 7 heteroatoms. The van der Waals surface area contributed by atoms with Crippen LogP contribution in [0.25, 0.3) is 0 Å². The van der Waals surface area contributed by atoms with Gasteiger partial charge in [0.05, 0.1) is 4.90 Å². The first-order chi connectivity index (χ1) is 13.8. The van der Waals surface area contributed by atoms with Crippen molar-refractivity contribution in [1.29, 1.82) is 0 Å². The van der Waals surface area contributed by atoms with E-state index in [-0.39, 0.29) is 16.8 Å². The van der Waals surface area contributed by atoms with E-state index in [1.165, 1.54) is 6.92 Å². The fourth-order valence-electron chi connectivity index (χ4n) is 3.92. The van der Waals surface area contributed by atoms with Crippen LogP contribution in [0.1, 0.15) is 32.8 Å². The summed E-state index contributed by atoms with van der Waals surface area (Å²) in [6, 6.07) is 15.2. The molecular formula is C22H29N3O3S. The van der Waals surface area contributed by atoms with Crippen LogP contribution in [0.3, 0.4) is 0 Å². The Morgan fingerprint density at radius 3 is 2.59 bits per heavy atom. The highest BCUT2D eigenvalue weighted by Gasteiger charge is 2.30. The number of carbonyl (C=O) groups excluding carboxylic acids is 1. The van der Waals surface area contributed by atoms with Crippen LogP contribution in [0.5, 0.6) is 0 Å². The summed E-state index contributed by atoms with van der Waals surface area (Å²) in [5.74, 6) is -0.0242. The predicted molar refractivity (Wildman–Crippen MR) is 117 cm³/mol. The number of nitrogens with zero attached hydrogens (tertiary/aromatic N) is 2. The Kier molecular flexibility index (Phi) is 6.59. The molecule has 1 aliphatic rings. The molecule has 1 amide bonds. The van der Waals surface area contributed by atoms with Gasteiger partial charge in [-0.15, -0.1) is 0 Å². The van der Waals surface area contributed by atoms with Crippen LogP contribution < -0.4 is 14.5 Å². The number of hydrogen-bond acceptors (Lipinski definition) is 4. The number of fused-ring (bicyclic) bond motifs is 1. The van der Waals surface area contributed by atoms with Gasteiger partial charge in [-0.2, -0.15) is 0 Å². The molecule has 0 spiro atoms. The third-order valence-corrected chi connectivity index (χ3v) is 6.77. The van der Waals surface area contributed by atoms with Gasteiger partial charge in [0.25, 0.3) is 0 Å². The first-order valence-electron chi connectivity index (χ1n) is 10.1. The van der Waals surface area contributed by atoms with E-state index in [2.05, 4.69) is 28.7 Å². The molecule has 6 nitrogen and oxygen atoms in total. The molecule has 156 valence electrons. The summed E-state index contributed by atoms with van der Waals surface area (Å²) < 4.78 is 28.1. The minimum atomic E-state index is -3.58. The van der Waals surface area contributed by atoms with Crippen LogP contribution in [-0.2, 0) is 21.2 Å². The monoisotopic (exact) mass is 415 g/mol. The molecule has 0 bridgehead atoms. The number of benzene rings is 2. The maximum atomic E-state index is 12.7. The van der Waals surface area contributed by atoms with E-state index in [0.717, 1.165) is 30.0 Å². The normalized spacial score (nSPS) is 16.0. The summed E-state index contributed by atoms with van der Waals surface area (Å²) in [5.41, 5.74) is 2.85. The predicted octanol–water partition coefficient (Wildman–Crippen LogP) is 3.18. The van der Waals surface area contributed by atoms with Crippen molar-refractivity contribution in [3.63, 3.8) is 0 Å². The maximum Gasteiger partial charge on any atom is 0.240 e. The number of hydrogen-bond donors (Lipinski definition) is 1. The largest absolute Gasteiger partial charge is 0.372 e. The highest BCUT2D eigenvalue weighted by Crippen LogP contribution is 2.33. The quantitative estimate of drug-likeness (QED) is 0.673. The highest BCUT2D eigenvalue weighted by atomic mass is 32.2. The topological polar surface area (TPSA) is 69.7 Å². The zero-order valence-corrected chi connectivity index (χ0v) is 18.1.